The zero-order valence-corrected chi connectivity index (χ0v) is 15.5. The van der Waals surface area contributed by atoms with E-state index in [2.05, 4.69) is 65.0 Å². The standard InChI is InChI=1S/C19H32OSi/c1-6-19(14-20-15-19)12-13-21(16(2)3,17(4)5)18-10-8-7-9-11-18/h7-11,16-17H,6,12-15H2,1-5H3. The Morgan fingerprint density at radius 2 is 1.62 bits per heavy atom. The summed E-state index contributed by atoms with van der Waals surface area (Å²) in [5.74, 6) is 0. The van der Waals surface area contributed by atoms with E-state index in [1.165, 1.54) is 18.9 Å². The van der Waals surface area contributed by atoms with Crippen molar-refractivity contribution in [3.05, 3.63) is 30.3 Å². The predicted octanol–water partition coefficient (Wildman–Crippen LogP) is 4.98. The van der Waals surface area contributed by atoms with E-state index in [1.54, 1.807) is 5.19 Å². The van der Waals surface area contributed by atoms with Crippen LogP contribution in [0.3, 0.4) is 0 Å². The molecule has 0 N–H and O–H groups in total. The maximum Gasteiger partial charge on any atom is 0.0917 e. The maximum atomic E-state index is 5.54. The van der Waals surface area contributed by atoms with Gasteiger partial charge in [0, 0.05) is 5.41 Å². The summed E-state index contributed by atoms with van der Waals surface area (Å²) in [7, 11) is -1.49. The zero-order chi connectivity index (χ0) is 15.5. The second kappa shape index (κ2) is 6.66. The van der Waals surface area contributed by atoms with E-state index >= 15 is 0 Å². The fourth-order valence-corrected chi connectivity index (χ4v) is 10.1. The van der Waals surface area contributed by atoms with Gasteiger partial charge in [0.2, 0.25) is 0 Å². The van der Waals surface area contributed by atoms with Gasteiger partial charge in [0.05, 0.1) is 21.3 Å². The summed E-state index contributed by atoms with van der Waals surface area (Å²) < 4.78 is 5.54. The van der Waals surface area contributed by atoms with Crippen molar-refractivity contribution in [3.8, 4) is 0 Å². The SMILES string of the molecule is CCC1(CC[Si](c2ccccc2)(C(C)C)C(C)C)COC1. The number of hydrogen-bond donors (Lipinski definition) is 0. The van der Waals surface area contributed by atoms with Gasteiger partial charge in [-0.15, -0.1) is 0 Å². The van der Waals surface area contributed by atoms with Crippen molar-refractivity contribution in [1.29, 1.82) is 0 Å². The van der Waals surface area contributed by atoms with Gasteiger partial charge in [0.25, 0.3) is 0 Å². The minimum Gasteiger partial charge on any atom is -0.380 e. The Bertz CT molecular complexity index is 421. The van der Waals surface area contributed by atoms with Crippen LogP contribution in [0, 0.1) is 5.41 Å². The minimum atomic E-state index is -1.49. The molecule has 0 aromatic heterocycles. The third-order valence-corrected chi connectivity index (χ3v) is 12.6. The lowest BCUT2D eigenvalue weighted by atomic mass is 9.81. The van der Waals surface area contributed by atoms with E-state index in [1.807, 2.05) is 0 Å². The molecule has 1 fully saturated rings. The van der Waals surface area contributed by atoms with E-state index in [-0.39, 0.29) is 0 Å². The molecule has 118 valence electrons. The first kappa shape index (κ1) is 16.8. The molecule has 1 aliphatic heterocycles. The highest BCUT2D eigenvalue weighted by Crippen LogP contribution is 2.43. The maximum absolute atomic E-state index is 5.54. The summed E-state index contributed by atoms with van der Waals surface area (Å²) in [6.45, 7) is 14.1. The van der Waals surface area contributed by atoms with Crippen LogP contribution in [-0.2, 0) is 4.74 Å². The van der Waals surface area contributed by atoms with Crippen LogP contribution in [0.4, 0.5) is 0 Å². The van der Waals surface area contributed by atoms with Gasteiger partial charge < -0.3 is 4.74 Å². The van der Waals surface area contributed by atoms with Gasteiger partial charge in [-0.25, -0.2) is 0 Å². The van der Waals surface area contributed by atoms with E-state index in [9.17, 15) is 0 Å². The van der Waals surface area contributed by atoms with Gasteiger partial charge in [0.1, 0.15) is 0 Å². The Labute approximate surface area is 132 Å². The lowest BCUT2D eigenvalue weighted by Gasteiger charge is -2.46. The van der Waals surface area contributed by atoms with Crippen LogP contribution in [0.25, 0.3) is 0 Å². The van der Waals surface area contributed by atoms with Gasteiger partial charge in [-0.1, -0.05) is 76.2 Å². The van der Waals surface area contributed by atoms with Gasteiger partial charge >= 0.3 is 0 Å². The Hall–Kier alpha value is -0.603. The molecule has 0 saturated carbocycles. The second-order valence-electron chi connectivity index (χ2n) is 7.56. The molecule has 1 heterocycles. The van der Waals surface area contributed by atoms with Crippen LogP contribution < -0.4 is 5.19 Å². The quantitative estimate of drug-likeness (QED) is 0.646. The molecule has 0 amide bonds. The fourth-order valence-electron chi connectivity index (χ4n) is 4.19. The lowest BCUT2D eigenvalue weighted by Crippen LogP contribution is -2.54. The average Bonchev–Trinajstić information content (AvgIpc) is 2.42. The van der Waals surface area contributed by atoms with Crippen molar-refractivity contribution < 1.29 is 4.74 Å². The summed E-state index contributed by atoms with van der Waals surface area (Å²) in [4.78, 5) is 0. The topological polar surface area (TPSA) is 9.23 Å². The summed E-state index contributed by atoms with van der Waals surface area (Å²) in [5, 5.41) is 1.65. The van der Waals surface area contributed by atoms with Crippen LogP contribution in [0.1, 0.15) is 47.5 Å². The van der Waals surface area contributed by atoms with E-state index < -0.39 is 8.07 Å². The molecule has 1 aromatic rings. The molecule has 0 bridgehead atoms. The number of hydrogen-bond acceptors (Lipinski definition) is 1. The summed E-state index contributed by atoms with van der Waals surface area (Å²) in [5.41, 5.74) is 2.06. The van der Waals surface area contributed by atoms with Crippen molar-refractivity contribution in [2.75, 3.05) is 13.2 Å². The molecular weight excluding hydrogens is 272 g/mol. The first-order valence-electron chi connectivity index (χ1n) is 8.60. The first-order chi connectivity index (χ1) is 9.97. The van der Waals surface area contributed by atoms with E-state index in [0.717, 1.165) is 24.3 Å². The van der Waals surface area contributed by atoms with Gasteiger partial charge in [-0.05, 0) is 23.9 Å². The zero-order valence-electron chi connectivity index (χ0n) is 14.5. The van der Waals surface area contributed by atoms with Crippen molar-refractivity contribution in [2.45, 2.75) is 64.6 Å². The molecule has 21 heavy (non-hydrogen) atoms. The Morgan fingerprint density at radius 3 is 2.00 bits per heavy atom. The van der Waals surface area contributed by atoms with Crippen molar-refractivity contribution >= 4 is 13.3 Å². The second-order valence-corrected chi connectivity index (χ2v) is 13.0. The number of benzene rings is 1. The summed E-state index contributed by atoms with van der Waals surface area (Å²) >= 11 is 0. The van der Waals surface area contributed by atoms with Crippen LogP contribution in [0.5, 0.6) is 0 Å². The van der Waals surface area contributed by atoms with Crippen molar-refractivity contribution in [3.63, 3.8) is 0 Å². The third-order valence-electron chi connectivity index (χ3n) is 6.01. The molecule has 0 radical (unpaired) electrons. The number of rotatable bonds is 7. The molecule has 1 aliphatic rings. The van der Waals surface area contributed by atoms with E-state index in [0.29, 0.717) is 5.41 Å². The lowest BCUT2D eigenvalue weighted by molar-refractivity contribution is -0.116. The van der Waals surface area contributed by atoms with Crippen molar-refractivity contribution in [1.82, 2.24) is 0 Å². The monoisotopic (exact) mass is 304 g/mol. The van der Waals surface area contributed by atoms with Crippen molar-refractivity contribution in [2.24, 2.45) is 5.41 Å². The molecule has 0 atom stereocenters. The summed E-state index contributed by atoms with van der Waals surface area (Å²) in [6, 6.07) is 12.8. The fraction of sp³-hybridized carbons (Fsp3) is 0.684. The third kappa shape index (κ3) is 3.12. The van der Waals surface area contributed by atoms with Crippen LogP contribution in [0.15, 0.2) is 30.3 Å². The highest BCUT2D eigenvalue weighted by Gasteiger charge is 2.45. The molecule has 1 nitrogen and oxygen atoms in total. The molecule has 1 saturated heterocycles. The van der Waals surface area contributed by atoms with Crippen LogP contribution in [-0.4, -0.2) is 21.3 Å². The largest absolute Gasteiger partial charge is 0.380 e. The average molecular weight is 305 g/mol. The van der Waals surface area contributed by atoms with Gasteiger partial charge in [-0.3, -0.25) is 0 Å². The van der Waals surface area contributed by atoms with Gasteiger partial charge in [-0.2, -0.15) is 0 Å². The molecular formula is C19H32OSi. The minimum absolute atomic E-state index is 0.483. The highest BCUT2D eigenvalue weighted by molar-refractivity contribution is 6.94. The summed E-state index contributed by atoms with van der Waals surface area (Å²) in [6.07, 6.45) is 2.61. The molecule has 2 rings (SSSR count). The Balaban J connectivity index is 2.28. The number of ether oxygens (including phenoxy) is 1. The van der Waals surface area contributed by atoms with E-state index in [4.69, 9.17) is 4.74 Å². The molecule has 0 aliphatic carbocycles. The Morgan fingerprint density at radius 1 is 1.05 bits per heavy atom. The normalized spacial score (nSPS) is 18.0. The molecule has 1 aromatic carbocycles. The van der Waals surface area contributed by atoms with Crippen LogP contribution >= 0.6 is 0 Å². The first-order valence-corrected chi connectivity index (χ1v) is 11.0. The van der Waals surface area contributed by atoms with Gasteiger partial charge in [0.15, 0.2) is 0 Å². The molecule has 0 unspecified atom stereocenters. The molecule has 0 spiro atoms. The highest BCUT2D eigenvalue weighted by atomic mass is 28.3. The van der Waals surface area contributed by atoms with Crippen LogP contribution in [0.2, 0.25) is 17.1 Å². The smallest absolute Gasteiger partial charge is 0.0917 e. The predicted molar refractivity (Wildman–Crippen MR) is 95.0 cm³/mol. The Kier molecular flexibility index (Phi) is 5.32. The molecule has 2 heteroatoms.